The van der Waals surface area contributed by atoms with E-state index in [0.29, 0.717) is 0 Å². The van der Waals surface area contributed by atoms with Crippen LogP contribution in [0.1, 0.15) is 231 Å². The van der Waals surface area contributed by atoms with E-state index in [1.165, 1.54) is 388 Å². The van der Waals surface area contributed by atoms with Gasteiger partial charge in [0.05, 0.1) is 0 Å². The largest absolute Gasteiger partial charge is 0.502 e. The van der Waals surface area contributed by atoms with Gasteiger partial charge in [0.2, 0.25) is 30.0 Å². The van der Waals surface area contributed by atoms with Crippen LogP contribution >= 0.6 is 37.9 Å². The van der Waals surface area contributed by atoms with Crippen molar-refractivity contribution in [1.29, 1.82) is 0 Å². The van der Waals surface area contributed by atoms with Crippen molar-refractivity contribution in [2.45, 2.75) is 231 Å². The Kier molecular flexibility index (Phi) is 23.1. The molecule has 0 unspecified atom stereocenters. The standard InChI is InChI=1S/C60H120N16P5/c1-13-37-65(38-14-1)78(66-39-15-2-16-40-66,67-41-17-3-18-42-67)61-77(62-79(68-43-19-4-20-44-68,69-45-21-5-22-46-69)70-47-23-6-24-48-70,63-80(71-49-25-7-26-50-71,72-51-27-8-28-52-72)73-53-29-9-30-54-73)64-81(74-55-31-10-32-56-74,75-57-33-11-34-58-75)76-59-35-12-36-60-76/h1-60H2/q+1. The highest BCUT2D eigenvalue weighted by atomic mass is 31.3. The first-order valence-electron chi connectivity index (χ1n) is 35.6. The number of piperidine rings is 12. The lowest BCUT2D eigenvalue weighted by atomic mass is 10.2. The van der Waals surface area contributed by atoms with E-state index in [1.807, 2.05) is 0 Å². The van der Waals surface area contributed by atoms with Gasteiger partial charge in [-0.2, -0.15) is 0 Å². The quantitative estimate of drug-likeness (QED) is 0.138. The minimum absolute atomic E-state index is 1.17. The van der Waals surface area contributed by atoms with Crippen LogP contribution < -0.4 is 0 Å². The van der Waals surface area contributed by atoms with Crippen LogP contribution in [0.5, 0.6) is 0 Å². The summed E-state index contributed by atoms with van der Waals surface area (Å²) in [5, 5.41) is 0. The van der Waals surface area contributed by atoms with Crippen molar-refractivity contribution in [2.75, 3.05) is 157 Å². The van der Waals surface area contributed by atoms with Crippen molar-refractivity contribution in [3.63, 3.8) is 0 Å². The topological polar surface area (TPSA) is 88.3 Å². The second kappa shape index (κ2) is 30.1. The molecule has 0 spiro atoms. The molecule has 0 amide bonds. The Balaban J connectivity index is 1.34. The molecule has 0 aromatic rings. The van der Waals surface area contributed by atoms with Crippen LogP contribution in [-0.2, 0) is 0 Å². The van der Waals surface area contributed by atoms with Crippen LogP contribution in [0.25, 0.3) is 0 Å². The molecule has 0 N–H and O–H groups in total. The van der Waals surface area contributed by atoms with Crippen molar-refractivity contribution in [1.82, 2.24) is 56.0 Å². The van der Waals surface area contributed by atoms with Crippen molar-refractivity contribution < 1.29 is 0 Å². The minimum Gasteiger partial charge on any atom is -0.243 e. The van der Waals surface area contributed by atoms with Crippen LogP contribution in [0.2, 0.25) is 0 Å². The highest BCUT2D eigenvalue weighted by Crippen LogP contribution is 2.89. The molecule has 0 bridgehead atoms. The van der Waals surface area contributed by atoms with Crippen LogP contribution in [0.15, 0.2) is 18.1 Å². The van der Waals surface area contributed by atoms with Gasteiger partial charge in [-0.1, -0.05) is 77.0 Å². The lowest BCUT2D eigenvalue weighted by Gasteiger charge is -2.54. The van der Waals surface area contributed by atoms with Crippen molar-refractivity contribution in [3.8, 4) is 0 Å². The molecule has 0 aromatic carbocycles. The average molecular weight is 1220 g/mol. The molecule has 12 aliphatic heterocycles. The molecule has 464 valence electrons. The maximum atomic E-state index is 7.76. The molecule has 0 saturated carbocycles. The van der Waals surface area contributed by atoms with Crippen LogP contribution in [0, 0.1) is 0 Å². The van der Waals surface area contributed by atoms with E-state index in [2.05, 4.69) is 56.0 Å². The monoisotopic (exact) mass is 1220 g/mol. The summed E-state index contributed by atoms with van der Waals surface area (Å²) in [7, 11) is -14.3. The molecule has 0 aliphatic carbocycles. The molecule has 12 saturated heterocycles. The van der Waals surface area contributed by atoms with Crippen LogP contribution in [0.3, 0.4) is 0 Å². The number of nitrogens with zero attached hydrogens (tertiary/aromatic N) is 16. The van der Waals surface area contributed by atoms with E-state index < -0.39 is 37.9 Å². The number of rotatable bonds is 16. The highest BCUT2D eigenvalue weighted by Gasteiger charge is 2.62. The lowest BCUT2D eigenvalue weighted by molar-refractivity contribution is 0.246. The third-order valence-electron chi connectivity index (χ3n) is 21.5. The predicted molar refractivity (Wildman–Crippen MR) is 349 cm³/mol. The molecule has 12 heterocycles. The molecule has 12 rings (SSSR count). The van der Waals surface area contributed by atoms with E-state index >= 15 is 0 Å². The average Bonchev–Trinajstić information content (AvgIpc) is 3.74. The van der Waals surface area contributed by atoms with Gasteiger partial charge in [-0.05, 0) is 172 Å². The Morgan fingerprint density at radius 2 is 0.222 bits per heavy atom. The molecule has 0 aromatic heterocycles. The van der Waals surface area contributed by atoms with Gasteiger partial charge in [0.15, 0.2) is 0 Å². The molecule has 16 nitrogen and oxygen atoms in total. The molecule has 12 fully saturated rings. The molecule has 12 aliphatic rings. The van der Waals surface area contributed by atoms with E-state index in [-0.39, 0.29) is 0 Å². The fraction of sp³-hybridized carbons (Fsp3) is 1.00. The Labute approximate surface area is 497 Å². The van der Waals surface area contributed by atoms with Gasteiger partial charge in [0.25, 0.3) is 0 Å². The summed E-state index contributed by atoms with van der Waals surface area (Å²) >= 11 is 0. The number of hydrogen-bond donors (Lipinski definition) is 0. The van der Waals surface area contributed by atoms with Crippen LogP contribution in [0.4, 0.5) is 0 Å². The van der Waals surface area contributed by atoms with E-state index in [4.69, 9.17) is 18.1 Å². The van der Waals surface area contributed by atoms with Gasteiger partial charge in [0, 0.05) is 157 Å². The normalized spacial score (nSPS) is 29.1. The van der Waals surface area contributed by atoms with Gasteiger partial charge in [0.1, 0.15) is 0 Å². The first kappa shape index (κ1) is 62.1. The fourth-order valence-electron chi connectivity index (χ4n) is 17.3. The second-order valence-electron chi connectivity index (χ2n) is 27.2. The minimum atomic E-state index is -3.58. The van der Waals surface area contributed by atoms with Gasteiger partial charge in [-0.15, -0.1) is 0 Å². The van der Waals surface area contributed by atoms with Gasteiger partial charge in [-0.25, -0.2) is 56.0 Å². The summed E-state index contributed by atoms with van der Waals surface area (Å²) < 4.78 is 69.0. The summed E-state index contributed by atoms with van der Waals surface area (Å²) in [4.78, 5) is 0. The first-order valence-corrected chi connectivity index (χ1v) is 43.6. The fourth-order valence-corrected chi connectivity index (χ4v) is 44.8. The second-order valence-corrected chi connectivity index (χ2v) is 42.2. The summed E-state index contributed by atoms with van der Waals surface area (Å²) in [5.74, 6) is 0. The maximum Gasteiger partial charge on any atom is 0.502 e. The number of hydrogen-bond acceptors (Lipinski definition) is 4. The zero-order valence-electron chi connectivity index (χ0n) is 51.8. The molecular formula is C60H120N16P5+. The van der Waals surface area contributed by atoms with Crippen LogP contribution in [-0.4, -0.2) is 213 Å². The molecular weight excluding hydrogens is 1100 g/mol. The third kappa shape index (κ3) is 13.5. The van der Waals surface area contributed by atoms with E-state index in [1.54, 1.807) is 0 Å². The summed E-state index contributed by atoms with van der Waals surface area (Å²) in [6, 6.07) is 0. The smallest absolute Gasteiger partial charge is 0.243 e. The van der Waals surface area contributed by atoms with Gasteiger partial charge >= 0.3 is 7.87 Å². The Morgan fingerprint density at radius 1 is 0.136 bits per heavy atom. The molecule has 0 atom stereocenters. The highest BCUT2D eigenvalue weighted by molar-refractivity contribution is 7.88. The molecule has 81 heavy (non-hydrogen) atoms. The van der Waals surface area contributed by atoms with Gasteiger partial charge in [-0.3, -0.25) is 0 Å². The zero-order valence-corrected chi connectivity index (χ0v) is 56.3. The van der Waals surface area contributed by atoms with Crippen molar-refractivity contribution >= 4 is 37.9 Å². The SMILES string of the molecule is C1CCN(P(=N[P+](N=P(N2CCCCC2)(N2CCCCC2)N2CCCCC2)(N=P(N2CCCCC2)(N2CCCCC2)N2CCCCC2)N=P(N2CCCCC2)(N2CCCCC2)N2CCCCC2)(N2CCCCC2)N2CCCCC2)CC1. The van der Waals surface area contributed by atoms with E-state index in [9.17, 15) is 0 Å². The van der Waals surface area contributed by atoms with Gasteiger partial charge < -0.3 is 0 Å². The first-order chi connectivity index (χ1) is 40.1. The van der Waals surface area contributed by atoms with Crippen molar-refractivity contribution in [3.05, 3.63) is 0 Å². The Morgan fingerprint density at radius 3 is 0.309 bits per heavy atom. The summed E-state index contributed by atoms with van der Waals surface area (Å²) in [6.45, 7) is 28.1. The Hall–Kier alpha value is 0.870. The lowest BCUT2D eigenvalue weighted by Crippen LogP contribution is -2.47. The maximum absolute atomic E-state index is 7.76. The molecule has 21 heteroatoms. The summed E-state index contributed by atoms with van der Waals surface area (Å²) in [6.07, 6.45) is 47.2. The van der Waals surface area contributed by atoms with E-state index in [0.717, 1.165) is 0 Å². The van der Waals surface area contributed by atoms with Crippen molar-refractivity contribution in [2.24, 2.45) is 18.1 Å². The zero-order chi connectivity index (χ0) is 54.7. The predicted octanol–water partition coefficient (Wildman–Crippen LogP) is 16.3. The third-order valence-corrected chi connectivity index (χ3v) is 43.1. The summed E-state index contributed by atoms with van der Waals surface area (Å²) in [5.41, 5.74) is 0. The Bertz CT molecular complexity index is 1640. The molecule has 0 radical (unpaired) electrons.